The highest BCUT2D eigenvalue weighted by Gasteiger charge is 2.05. The van der Waals surface area contributed by atoms with Crippen molar-refractivity contribution in [3.05, 3.63) is 29.8 Å². The van der Waals surface area contributed by atoms with Crippen LogP contribution in [0.1, 0.15) is 23.7 Å². The number of aliphatic imine (C=N–C) groups is 1. The Morgan fingerprint density at radius 2 is 2.07 bits per heavy atom. The number of ether oxygens (including phenoxy) is 1. The highest BCUT2D eigenvalue weighted by Crippen LogP contribution is 2.12. The summed E-state index contributed by atoms with van der Waals surface area (Å²) in [5, 5.41) is 0. The van der Waals surface area contributed by atoms with Crippen molar-refractivity contribution in [3.63, 3.8) is 0 Å². The van der Waals surface area contributed by atoms with E-state index in [-0.39, 0.29) is 5.97 Å². The predicted octanol–water partition coefficient (Wildman–Crippen LogP) is 2.22. The summed E-state index contributed by atoms with van der Waals surface area (Å²) in [5.41, 5.74) is 0.922. The molecule has 0 aromatic heterocycles. The largest absolute Gasteiger partial charge is 0.462 e. The van der Waals surface area contributed by atoms with E-state index in [4.69, 9.17) is 4.74 Å². The number of isocyanates is 1. The van der Waals surface area contributed by atoms with Crippen LogP contribution in [-0.4, -0.2) is 18.7 Å². The van der Waals surface area contributed by atoms with Crippen molar-refractivity contribution >= 4 is 17.7 Å². The van der Waals surface area contributed by atoms with Crippen LogP contribution in [0.25, 0.3) is 0 Å². The topological polar surface area (TPSA) is 55.7 Å². The van der Waals surface area contributed by atoms with E-state index < -0.39 is 0 Å². The van der Waals surface area contributed by atoms with Gasteiger partial charge in [0.15, 0.2) is 0 Å². The van der Waals surface area contributed by atoms with Crippen LogP contribution in [0.15, 0.2) is 29.3 Å². The summed E-state index contributed by atoms with van der Waals surface area (Å²) in [6.45, 7) is 2.34. The molecule has 0 fully saturated rings. The fourth-order valence-corrected chi connectivity index (χ4v) is 1.00. The van der Waals surface area contributed by atoms with Crippen molar-refractivity contribution in [1.29, 1.82) is 0 Å². The lowest BCUT2D eigenvalue weighted by atomic mass is 10.2. The molecule has 0 saturated heterocycles. The highest BCUT2D eigenvalue weighted by atomic mass is 16.5. The Balaban J connectivity index is 2.70. The molecule has 0 saturated carbocycles. The molecule has 1 rings (SSSR count). The van der Waals surface area contributed by atoms with Crippen molar-refractivity contribution < 1.29 is 14.3 Å². The van der Waals surface area contributed by atoms with Crippen molar-refractivity contribution in [2.75, 3.05) is 6.61 Å². The predicted molar refractivity (Wildman–Crippen MR) is 54.8 cm³/mol. The maximum Gasteiger partial charge on any atom is 0.338 e. The quantitative estimate of drug-likeness (QED) is 0.430. The monoisotopic (exact) mass is 205 g/mol. The van der Waals surface area contributed by atoms with Crippen LogP contribution < -0.4 is 0 Å². The average Bonchev–Trinajstić information content (AvgIpc) is 2.27. The van der Waals surface area contributed by atoms with Crippen LogP contribution in [-0.2, 0) is 9.53 Å². The molecule has 0 amide bonds. The van der Waals surface area contributed by atoms with Crippen LogP contribution in [0.4, 0.5) is 5.69 Å². The molecule has 0 spiro atoms. The van der Waals surface area contributed by atoms with Gasteiger partial charge in [-0.2, -0.15) is 4.99 Å². The summed E-state index contributed by atoms with van der Waals surface area (Å²) in [6.07, 6.45) is 2.22. The van der Waals surface area contributed by atoms with Gasteiger partial charge in [-0.1, -0.05) is 6.92 Å². The number of carbonyl (C=O) groups excluding carboxylic acids is 2. The van der Waals surface area contributed by atoms with E-state index in [0.29, 0.717) is 17.9 Å². The highest BCUT2D eigenvalue weighted by molar-refractivity contribution is 5.89. The Morgan fingerprint density at radius 1 is 1.40 bits per heavy atom. The SMILES string of the molecule is CCCOC(=O)c1ccc(N=C=O)cc1. The van der Waals surface area contributed by atoms with Gasteiger partial charge in [0.05, 0.1) is 17.9 Å². The lowest BCUT2D eigenvalue weighted by molar-refractivity contribution is 0.0505. The number of rotatable bonds is 4. The molecule has 0 aliphatic carbocycles. The summed E-state index contributed by atoms with van der Waals surface area (Å²) in [4.78, 5) is 24.7. The van der Waals surface area contributed by atoms with Crippen LogP contribution in [0.3, 0.4) is 0 Å². The second-order valence-electron chi connectivity index (χ2n) is 2.89. The first-order valence-electron chi connectivity index (χ1n) is 4.63. The molecule has 4 heteroatoms. The Kier molecular flexibility index (Phi) is 4.26. The van der Waals surface area contributed by atoms with E-state index in [0.717, 1.165) is 6.42 Å². The summed E-state index contributed by atoms with van der Waals surface area (Å²) in [7, 11) is 0. The minimum atomic E-state index is -0.363. The number of carbonyl (C=O) groups is 1. The van der Waals surface area contributed by atoms with E-state index in [1.54, 1.807) is 24.3 Å². The van der Waals surface area contributed by atoms with Gasteiger partial charge in [-0.15, -0.1) is 0 Å². The number of hydrogen-bond acceptors (Lipinski definition) is 4. The maximum absolute atomic E-state index is 11.3. The molecule has 0 N–H and O–H groups in total. The first-order valence-corrected chi connectivity index (χ1v) is 4.63. The zero-order chi connectivity index (χ0) is 11.1. The molecular formula is C11H11NO3. The van der Waals surface area contributed by atoms with Crippen molar-refractivity contribution in [2.45, 2.75) is 13.3 Å². The van der Waals surface area contributed by atoms with Gasteiger partial charge in [0.25, 0.3) is 0 Å². The summed E-state index contributed by atoms with van der Waals surface area (Å²) in [6, 6.07) is 6.25. The molecule has 1 aromatic rings. The van der Waals surface area contributed by atoms with E-state index in [2.05, 4.69) is 4.99 Å². The molecule has 0 unspecified atom stereocenters. The van der Waals surface area contributed by atoms with Crippen LogP contribution >= 0.6 is 0 Å². The van der Waals surface area contributed by atoms with Crippen molar-refractivity contribution in [1.82, 2.24) is 0 Å². The fourth-order valence-electron chi connectivity index (χ4n) is 1.00. The lowest BCUT2D eigenvalue weighted by Crippen LogP contribution is -2.05. The molecule has 0 heterocycles. The van der Waals surface area contributed by atoms with Crippen LogP contribution in [0.2, 0.25) is 0 Å². The summed E-state index contributed by atoms with van der Waals surface area (Å²) < 4.78 is 4.93. The number of benzene rings is 1. The van der Waals surface area contributed by atoms with Gasteiger partial charge in [-0.25, -0.2) is 9.59 Å². The van der Waals surface area contributed by atoms with Gasteiger partial charge in [-0.3, -0.25) is 0 Å². The van der Waals surface area contributed by atoms with Crippen LogP contribution in [0, 0.1) is 0 Å². The van der Waals surface area contributed by atoms with E-state index in [9.17, 15) is 9.59 Å². The smallest absolute Gasteiger partial charge is 0.338 e. The third kappa shape index (κ3) is 3.37. The zero-order valence-electron chi connectivity index (χ0n) is 8.40. The molecule has 78 valence electrons. The van der Waals surface area contributed by atoms with Gasteiger partial charge in [0.2, 0.25) is 6.08 Å². The first-order chi connectivity index (χ1) is 7.27. The Bertz CT molecular complexity index is 377. The number of nitrogens with zero attached hydrogens (tertiary/aromatic N) is 1. The van der Waals surface area contributed by atoms with Gasteiger partial charge in [0.1, 0.15) is 0 Å². The molecule has 0 radical (unpaired) electrons. The minimum Gasteiger partial charge on any atom is -0.462 e. The molecule has 1 aromatic carbocycles. The third-order valence-corrected chi connectivity index (χ3v) is 1.72. The second kappa shape index (κ2) is 5.73. The molecule has 0 bridgehead atoms. The number of esters is 1. The van der Waals surface area contributed by atoms with Gasteiger partial charge >= 0.3 is 5.97 Å². The van der Waals surface area contributed by atoms with Crippen LogP contribution in [0.5, 0.6) is 0 Å². The number of hydrogen-bond donors (Lipinski definition) is 0. The Hall–Kier alpha value is -1.93. The van der Waals surface area contributed by atoms with E-state index in [1.807, 2.05) is 6.92 Å². The minimum absolute atomic E-state index is 0.363. The van der Waals surface area contributed by atoms with Gasteiger partial charge in [-0.05, 0) is 30.7 Å². The average molecular weight is 205 g/mol. The standard InChI is InChI=1S/C11H11NO3/c1-2-7-15-11(14)9-3-5-10(6-4-9)12-8-13/h3-6H,2,7H2,1H3. The molecular weight excluding hydrogens is 194 g/mol. The first kappa shape index (κ1) is 11.1. The fraction of sp³-hybridized carbons (Fsp3) is 0.273. The normalized spacial score (nSPS) is 9.13. The third-order valence-electron chi connectivity index (χ3n) is 1.72. The Morgan fingerprint density at radius 3 is 2.60 bits per heavy atom. The van der Waals surface area contributed by atoms with Crippen molar-refractivity contribution in [2.24, 2.45) is 4.99 Å². The molecule has 15 heavy (non-hydrogen) atoms. The van der Waals surface area contributed by atoms with Gasteiger partial charge < -0.3 is 4.74 Å². The summed E-state index contributed by atoms with van der Waals surface area (Å²) >= 11 is 0. The van der Waals surface area contributed by atoms with Gasteiger partial charge in [0, 0.05) is 0 Å². The molecule has 0 aliphatic heterocycles. The van der Waals surface area contributed by atoms with Crippen molar-refractivity contribution in [3.8, 4) is 0 Å². The summed E-state index contributed by atoms with van der Waals surface area (Å²) in [5.74, 6) is -0.363. The maximum atomic E-state index is 11.3. The zero-order valence-corrected chi connectivity index (χ0v) is 8.40. The van der Waals surface area contributed by atoms with E-state index in [1.165, 1.54) is 6.08 Å². The second-order valence-corrected chi connectivity index (χ2v) is 2.89. The molecule has 0 aliphatic rings. The molecule has 4 nitrogen and oxygen atoms in total. The molecule has 0 atom stereocenters. The lowest BCUT2D eigenvalue weighted by Gasteiger charge is -2.02. The Labute approximate surface area is 87.6 Å². The van der Waals surface area contributed by atoms with E-state index >= 15 is 0 Å².